The molecule has 0 atom stereocenters. The van der Waals surface area contributed by atoms with Crippen LogP contribution in [-0.2, 0) is 18.3 Å². The van der Waals surface area contributed by atoms with Gasteiger partial charge in [-0.05, 0) is 40.2 Å². The maximum Gasteiger partial charge on any atom is 0.316 e. The van der Waals surface area contributed by atoms with Crippen molar-refractivity contribution in [1.29, 1.82) is 0 Å². The van der Waals surface area contributed by atoms with Gasteiger partial charge >= 0.3 is 5.97 Å². The molecule has 2 rings (SSSR count). The number of hydrogen-bond acceptors (Lipinski definition) is 4. The van der Waals surface area contributed by atoms with Crippen molar-refractivity contribution < 1.29 is 14.3 Å². The maximum absolute atomic E-state index is 12.8. The van der Waals surface area contributed by atoms with E-state index in [2.05, 4.69) is 11.6 Å². The van der Waals surface area contributed by atoms with Gasteiger partial charge in [0, 0.05) is 32.3 Å². The van der Waals surface area contributed by atoms with Gasteiger partial charge in [-0.2, -0.15) is 0 Å². The molecule has 6 nitrogen and oxygen atoms in total. The lowest BCUT2D eigenvalue weighted by Crippen LogP contribution is -2.27. The molecule has 1 amide bonds. The van der Waals surface area contributed by atoms with Gasteiger partial charge in [-0.15, -0.1) is 6.58 Å². The summed E-state index contributed by atoms with van der Waals surface area (Å²) in [7, 11) is 5.26. The normalized spacial score (nSPS) is 11.5. The van der Waals surface area contributed by atoms with Crippen LogP contribution in [0.15, 0.2) is 18.7 Å². The summed E-state index contributed by atoms with van der Waals surface area (Å²) in [4.78, 5) is 31.4. The van der Waals surface area contributed by atoms with Gasteiger partial charge < -0.3 is 14.2 Å². The molecule has 1 heterocycles. The number of imidazole rings is 1. The number of ether oxygens (including phenoxy) is 1. The van der Waals surface area contributed by atoms with Crippen LogP contribution >= 0.6 is 0 Å². The minimum absolute atomic E-state index is 0.157. The lowest BCUT2D eigenvalue weighted by molar-refractivity contribution is -0.142. The van der Waals surface area contributed by atoms with Gasteiger partial charge in [0.15, 0.2) is 5.75 Å². The van der Waals surface area contributed by atoms with Gasteiger partial charge in [-0.25, -0.2) is 4.98 Å². The number of aromatic nitrogens is 2. The fourth-order valence-electron chi connectivity index (χ4n) is 2.58. The van der Waals surface area contributed by atoms with Crippen molar-refractivity contribution in [2.24, 2.45) is 12.5 Å². The van der Waals surface area contributed by atoms with E-state index < -0.39 is 5.41 Å². The topological polar surface area (TPSA) is 64.4 Å². The second kappa shape index (κ2) is 6.94. The number of nitrogens with zero attached hydrogens (tertiary/aromatic N) is 3. The molecular formula is C20H27N3O3. The van der Waals surface area contributed by atoms with Crippen molar-refractivity contribution in [2.45, 2.75) is 34.1 Å². The van der Waals surface area contributed by atoms with E-state index in [4.69, 9.17) is 4.74 Å². The van der Waals surface area contributed by atoms with Crippen LogP contribution < -0.4 is 4.74 Å². The molecule has 0 saturated heterocycles. The Morgan fingerprint density at radius 1 is 1.35 bits per heavy atom. The number of amides is 1. The lowest BCUT2D eigenvalue weighted by atomic mass is 9.96. The van der Waals surface area contributed by atoms with E-state index in [1.54, 1.807) is 40.9 Å². The highest BCUT2D eigenvalue weighted by molar-refractivity contribution is 6.02. The molecule has 1 aromatic carbocycles. The number of carbonyl (C=O) groups is 2. The first kappa shape index (κ1) is 19.7. The molecular weight excluding hydrogens is 330 g/mol. The average Bonchev–Trinajstić information content (AvgIpc) is 2.82. The van der Waals surface area contributed by atoms with E-state index in [0.29, 0.717) is 28.8 Å². The molecule has 0 bridgehead atoms. The monoisotopic (exact) mass is 357 g/mol. The summed E-state index contributed by atoms with van der Waals surface area (Å²) in [6, 6.07) is 1.81. The minimum atomic E-state index is -0.677. The van der Waals surface area contributed by atoms with E-state index in [1.165, 1.54) is 4.90 Å². The first-order valence-corrected chi connectivity index (χ1v) is 8.52. The van der Waals surface area contributed by atoms with E-state index in [-0.39, 0.29) is 11.9 Å². The fraction of sp³-hybridized carbons (Fsp3) is 0.450. The predicted molar refractivity (Wildman–Crippen MR) is 102 cm³/mol. The Kier molecular flexibility index (Phi) is 5.26. The van der Waals surface area contributed by atoms with Crippen LogP contribution in [0.4, 0.5) is 0 Å². The Labute approximate surface area is 154 Å². The zero-order chi connectivity index (χ0) is 19.8. The van der Waals surface area contributed by atoms with Crippen LogP contribution in [0.25, 0.3) is 11.0 Å². The molecule has 0 aliphatic rings. The number of carbonyl (C=O) groups excluding carboxylic acids is 2. The van der Waals surface area contributed by atoms with Gasteiger partial charge in [0.25, 0.3) is 5.91 Å². The van der Waals surface area contributed by atoms with Crippen LogP contribution in [0.3, 0.4) is 0 Å². The second-order valence-corrected chi connectivity index (χ2v) is 7.65. The zero-order valence-corrected chi connectivity index (χ0v) is 16.6. The van der Waals surface area contributed by atoms with Crippen molar-refractivity contribution in [3.8, 4) is 5.75 Å². The van der Waals surface area contributed by atoms with E-state index in [9.17, 15) is 9.59 Å². The molecule has 0 radical (unpaired) electrons. The van der Waals surface area contributed by atoms with Crippen molar-refractivity contribution in [3.63, 3.8) is 0 Å². The smallest absolute Gasteiger partial charge is 0.316 e. The molecule has 0 N–H and O–H groups in total. The first-order valence-electron chi connectivity index (χ1n) is 8.52. The molecule has 0 unspecified atom stereocenters. The fourth-order valence-corrected chi connectivity index (χ4v) is 2.58. The quantitative estimate of drug-likeness (QED) is 0.479. The number of rotatable bonds is 4. The number of aryl methyl sites for hydroxylation is 2. The number of fused-ring (bicyclic) bond motifs is 1. The predicted octanol–water partition coefficient (Wildman–Crippen LogP) is 3.26. The highest BCUT2D eigenvalue weighted by Gasteiger charge is 2.29. The van der Waals surface area contributed by atoms with Crippen LogP contribution in [-0.4, -0.2) is 40.4 Å². The largest absolute Gasteiger partial charge is 0.423 e. The third kappa shape index (κ3) is 3.49. The van der Waals surface area contributed by atoms with Crippen LogP contribution in [0.2, 0.25) is 0 Å². The summed E-state index contributed by atoms with van der Waals surface area (Å²) in [5.41, 5.74) is 1.76. The molecule has 0 spiro atoms. The number of benzene rings is 1. The lowest BCUT2D eigenvalue weighted by Gasteiger charge is -2.21. The number of hydrogen-bond donors (Lipinski definition) is 0. The second-order valence-electron chi connectivity index (χ2n) is 7.65. The molecule has 0 aliphatic carbocycles. The van der Waals surface area contributed by atoms with Gasteiger partial charge in [0.05, 0.1) is 10.9 Å². The number of allylic oxidation sites excluding steroid dienone is 1. The van der Waals surface area contributed by atoms with E-state index in [0.717, 1.165) is 11.3 Å². The SMILES string of the molecule is C=CCc1c(C(=O)N(C)C)cc2c(nc(C)n2C)c1OC(=O)C(C)(C)C. The Morgan fingerprint density at radius 3 is 2.46 bits per heavy atom. The van der Waals surface area contributed by atoms with Crippen molar-refractivity contribution in [2.75, 3.05) is 14.1 Å². The van der Waals surface area contributed by atoms with Crippen molar-refractivity contribution in [3.05, 3.63) is 35.7 Å². The standard InChI is InChI=1S/C20H27N3O3/c1-9-10-13-14(18(24)22(6)7)11-15-16(21-12(2)23(15)8)17(13)26-19(25)20(3,4)5/h9,11H,1,10H2,2-8H3. The summed E-state index contributed by atoms with van der Waals surface area (Å²) < 4.78 is 7.66. The molecule has 1 aromatic heterocycles. The third-order valence-corrected chi connectivity index (χ3v) is 4.25. The number of esters is 1. The Morgan fingerprint density at radius 2 is 1.96 bits per heavy atom. The Bertz CT molecular complexity index is 886. The van der Waals surface area contributed by atoms with Crippen LogP contribution in [0.5, 0.6) is 5.75 Å². The van der Waals surface area contributed by atoms with Crippen LogP contribution in [0.1, 0.15) is 42.5 Å². The third-order valence-electron chi connectivity index (χ3n) is 4.25. The summed E-state index contributed by atoms with van der Waals surface area (Å²) in [6.45, 7) is 11.0. The average molecular weight is 357 g/mol. The van der Waals surface area contributed by atoms with Crippen molar-refractivity contribution in [1.82, 2.24) is 14.5 Å². The van der Waals surface area contributed by atoms with E-state index in [1.807, 2.05) is 24.6 Å². The summed E-state index contributed by atoms with van der Waals surface area (Å²) in [5, 5.41) is 0. The maximum atomic E-state index is 12.8. The molecule has 140 valence electrons. The molecule has 2 aromatic rings. The van der Waals surface area contributed by atoms with Gasteiger partial charge in [-0.1, -0.05) is 6.08 Å². The Balaban J connectivity index is 2.85. The van der Waals surface area contributed by atoms with E-state index >= 15 is 0 Å². The van der Waals surface area contributed by atoms with Gasteiger partial charge in [0.1, 0.15) is 11.3 Å². The highest BCUT2D eigenvalue weighted by Crippen LogP contribution is 2.35. The van der Waals surface area contributed by atoms with Gasteiger partial charge in [-0.3, -0.25) is 9.59 Å². The zero-order valence-electron chi connectivity index (χ0n) is 16.6. The van der Waals surface area contributed by atoms with Crippen molar-refractivity contribution >= 4 is 22.9 Å². The molecule has 0 fully saturated rings. The van der Waals surface area contributed by atoms with Gasteiger partial charge in [0.2, 0.25) is 0 Å². The first-order chi connectivity index (χ1) is 12.0. The summed E-state index contributed by atoms with van der Waals surface area (Å²) in [5.74, 6) is 0.584. The highest BCUT2D eigenvalue weighted by atomic mass is 16.5. The molecule has 0 saturated carbocycles. The molecule has 6 heteroatoms. The molecule has 26 heavy (non-hydrogen) atoms. The summed E-state index contributed by atoms with van der Waals surface area (Å²) >= 11 is 0. The minimum Gasteiger partial charge on any atom is -0.423 e. The van der Waals surface area contributed by atoms with Crippen LogP contribution in [0, 0.1) is 12.3 Å². The summed E-state index contributed by atoms with van der Waals surface area (Å²) in [6.07, 6.45) is 2.09. The molecule has 0 aliphatic heterocycles. The Hall–Kier alpha value is -2.63.